The van der Waals surface area contributed by atoms with Crippen LogP contribution in [0.15, 0.2) is 30.3 Å². The van der Waals surface area contributed by atoms with Crippen molar-refractivity contribution in [3.8, 4) is 0 Å². The maximum atomic E-state index is 11.7. The lowest BCUT2D eigenvalue weighted by molar-refractivity contribution is -0.113. The summed E-state index contributed by atoms with van der Waals surface area (Å²) in [6, 6.07) is 8.88. The molecule has 0 heterocycles. The fourth-order valence-corrected chi connectivity index (χ4v) is 1.61. The summed E-state index contributed by atoms with van der Waals surface area (Å²) in [5.41, 5.74) is 0.400. The van der Waals surface area contributed by atoms with Crippen LogP contribution in [0.25, 0.3) is 0 Å². The summed E-state index contributed by atoms with van der Waals surface area (Å²) in [4.78, 5) is 22.8. The van der Waals surface area contributed by atoms with Gasteiger partial charge in [0.2, 0.25) is 0 Å². The lowest BCUT2D eigenvalue weighted by Crippen LogP contribution is -2.46. The van der Waals surface area contributed by atoms with Crippen molar-refractivity contribution in [2.45, 2.75) is 52.0 Å². The fraction of sp³-hybridized carbons (Fsp3) is 0.500. The zero-order valence-corrected chi connectivity index (χ0v) is 13.0. The average molecular weight is 293 g/mol. The first-order valence-electron chi connectivity index (χ1n) is 6.92. The molecule has 0 bridgehead atoms. The first-order chi connectivity index (χ1) is 9.81. The highest BCUT2D eigenvalue weighted by Gasteiger charge is 2.23. The quantitative estimate of drug-likeness (QED) is 0.819. The van der Waals surface area contributed by atoms with Gasteiger partial charge in [0.05, 0.1) is 12.7 Å². The molecule has 0 fully saturated rings. The highest BCUT2D eigenvalue weighted by Crippen LogP contribution is 2.09. The number of alkyl carbamates (subject to hydrolysis) is 1. The molecule has 1 N–H and O–H groups in total. The van der Waals surface area contributed by atoms with E-state index in [4.69, 9.17) is 9.47 Å². The van der Waals surface area contributed by atoms with Crippen LogP contribution in [0.4, 0.5) is 4.79 Å². The monoisotopic (exact) mass is 293 g/mol. The molecule has 0 spiro atoms. The predicted molar refractivity (Wildman–Crippen MR) is 79.9 cm³/mol. The van der Waals surface area contributed by atoms with Crippen LogP contribution in [0, 0.1) is 0 Å². The van der Waals surface area contributed by atoms with E-state index >= 15 is 0 Å². The Labute approximate surface area is 125 Å². The topological polar surface area (TPSA) is 64.6 Å². The molecule has 0 aromatic heterocycles. The summed E-state index contributed by atoms with van der Waals surface area (Å²) in [5, 5.41) is 2.51. The Kier molecular flexibility index (Phi) is 6.37. The van der Waals surface area contributed by atoms with Gasteiger partial charge in [-0.05, 0) is 33.3 Å². The van der Waals surface area contributed by atoms with Crippen LogP contribution in [-0.4, -0.2) is 30.1 Å². The van der Waals surface area contributed by atoms with E-state index in [2.05, 4.69) is 5.32 Å². The Morgan fingerprint density at radius 2 is 1.90 bits per heavy atom. The van der Waals surface area contributed by atoms with E-state index in [1.807, 2.05) is 30.3 Å². The molecule has 21 heavy (non-hydrogen) atoms. The molecular formula is C16H23NO4. The highest BCUT2D eigenvalue weighted by atomic mass is 16.6. The first-order valence-corrected chi connectivity index (χ1v) is 6.92. The SMILES string of the molecule is C[C@H](OCc1ccccc1)[C@H](C=O)NC(=O)OC(C)(C)C. The summed E-state index contributed by atoms with van der Waals surface area (Å²) < 4.78 is 10.7. The zero-order valence-electron chi connectivity index (χ0n) is 13.0. The number of nitrogens with one attached hydrogen (secondary N) is 1. The first kappa shape index (κ1) is 17.2. The van der Waals surface area contributed by atoms with Crippen LogP contribution in [0.5, 0.6) is 0 Å². The number of benzene rings is 1. The standard InChI is InChI=1S/C16H23NO4/c1-12(20-11-13-8-6-5-7-9-13)14(10-18)17-15(19)21-16(2,3)4/h5-10,12,14H,11H2,1-4H3,(H,17,19)/t12-,14-/m0/s1. The van der Waals surface area contributed by atoms with Crippen LogP contribution in [0.1, 0.15) is 33.3 Å². The normalized spacial score (nSPS) is 14.1. The second-order valence-electron chi connectivity index (χ2n) is 5.81. The number of aldehydes is 1. The summed E-state index contributed by atoms with van der Waals surface area (Å²) in [5.74, 6) is 0. The predicted octanol–water partition coefficient (Wildman–Crippen LogP) is 2.68. The van der Waals surface area contributed by atoms with Gasteiger partial charge in [0.15, 0.2) is 0 Å². The van der Waals surface area contributed by atoms with Gasteiger partial charge < -0.3 is 19.6 Å². The molecule has 0 radical (unpaired) electrons. The van der Waals surface area contributed by atoms with Crippen molar-refractivity contribution >= 4 is 12.4 Å². The maximum Gasteiger partial charge on any atom is 0.408 e. The van der Waals surface area contributed by atoms with Gasteiger partial charge in [-0.15, -0.1) is 0 Å². The van der Waals surface area contributed by atoms with Crippen molar-refractivity contribution in [1.29, 1.82) is 0 Å². The van der Waals surface area contributed by atoms with Crippen molar-refractivity contribution in [1.82, 2.24) is 5.32 Å². The van der Waals surface area contributed by atoms with E-state index in [0.29, 0.717) is 12.9 Å². The largest absolute Gasteiger partial charge is 0.444 e. The molecule has 2 atom stereocenters. The van der Waals surface area contributed by atoms with Crippen LogP contribution in [-0.2, 0) is 20.9 Å². The molecule has 1 rings (SSSR count). The van der Waals surface area contributed by atoms with Gasteiger partial charge in [-0.2, -0.15) is 0 Å². The number of rotatable bonds is 6. The molecule has 1 amide bonds. The second kappa shape index (κ2) is 7.78. The third-order valence-corrected chi connectivity index (χ3v) is 2.69. The summed E-state index contributed by atoms with van der Waals surface area (Å²) >= 11 is 0. The van der Waals surface area contributed by atoms with E-state index in [-0.39, 0.29) is 0 Å². The van der Waals surface area contributed by atoms with E-state index < -0.39 is 23.8 Å². The molecule has 1 aromatic carbocycles. The summed E-state index contributed by atoms with van der Waals surface area (Å²) in [7, 11) is 0. The number of carbonyl (C=O) groups excluding carboxylic acids is 2. The minimum absolute atomic E-state index is 0.377. The van der Waals surface area contributed by atoms with Crippen LogP contribution in [0.2, 0.25) is 0 Å². The number of hydrogen-bond acceptors (Lipinski definition) is 4. The van der Waals surface area contributed by atoms with Gasteiger partial charge in [-0.1, -0.05) is 30.3 Å². The Morgan fingerprint density at radius 3 is 2.43 bits per heavy atom. The summed E-state index contributed by atoms with van der Waals surface area (Å²) in [6.07, 6.45) is -0.426. The van der Waals surface area contributed by atoms with E-state index in [9.17, 15) is 9.59 Å². The van der Waals surface area contributed by atoms with Crippen molar-refractivity contribution in [2.75, 3.05) is 0 Å². The molecule has 0 unspecified atom stereocenters. The van der Waals surface area contributed by atoms with Crippen molar-refractivity contribution in [3.05, 3.63) is 35.9 Å². The Bertz CT molecular complexity index is 453. The van der Waals surface area contributed by atoms with Gasteiger partial charge >= 0.3 is 6.09 Å². The molecule has 0 aliphatic heterocycles. The van der Waals surface area contributed by atoms with Crippen LogP contribution < -0.4 is 5.32 Å². The van der Waals surface area contributed by atoms with Gasteiger partial charge in [-0.25, -0.2) is 4.79 Å². The summed E-state index contributed by atoms with van der Waals surface area (Å²) in [6.45, 7) is 7.40. The van der Waals surface area contributed by atoms with E-state index in [1.54, 1.807) is 27.7 Å². The smallest absolute Gasteiger partial charge is 0.408 e. The van der Waals surface area contributed by atoms with Gasteiger partial charge in [-0.3, -0.25) is 0 Å². The highest BCUT2D eigenvalue weighted by molar-refractivity contribution is 5.73. The van der Waals surface area contributed by atoms with Crippen LogP contribution >= 0.6 is 0 Å². The second-order valence-corrected chi connectivity index (χ2v) is 5.81. The fourth-order valence-electron chi connectivity index (χ4n) is 1.61. The molecule has 1 aromatic rings. The van der Waals surface area contributed by atoms with Crippen molar-refractivity contribution < 1.29 is 19.1 Å². The number of carbonyl (C=O) groups is 2. The molecule has 5 heteroatoms. The van der Waals surface area contributed by atoms with Crippen molar-refractivity contribution in [3.63, 3.8) is 0 Å². The van der Waals surface area contributed by atoms with Gasteiger partial charge in [0, 0.05) is 0 Å². The molecule has 0 aliphatic rings. The third kappa shape index (κ3) is 6.90. The number of ether oxygens (including phenoxy) is 2. The van der Waals surface area contributed by atoms with Gasteiger partial charge in [0.25, 0.3) is 0 Å². The van der Waals surface area contributed by atoms with E-state index in [0.717, 1.165) is 5.56 Å². The number of hydrogen-bond donors (Lipinski definition) is 1. The Balaban J connectivity index is 2.47. The molecule has 0 aliphatic carbocycles. The minimum atomic E-state index is -0.747. The molecule has 5 nitrogen and oxygen atoms in total. The Morgan fingerprint density at radius 1 is 1.29 bits per heavy atom. The third-order valence-electron chi connectivity index (χ3n) is 2.69. The minimum Gasteiger partial charge on any atom is -0.444 e. The van der Waals surface area contributed by atoms with Crippen molar-refractivity contribution in [2.24, 2.45) is 0 Å². The van der Waals surface area contributed by atoms with Crippen LogP contribution in [0.3, 0.4) is 0 Å². The zero-order chi connectivity index (χ0) is 15.9. The molecule has 0 saturated carbocycles. The lowest BCUT2D eigenvalue weighted by Gasteiger charge is -2.24. The number of amides is 1. The maximum absolute atomic E-state index is 11.7. The molecule has 0 saturated heterocycles. The average Bonchev–Trinajstić information content (AvgIpc) is 2.41. The molecular weight excluding hydrogens is 270 g/mol. The lowest BCUT2D eigenvalue weighted by atomic mass is 10.2. The van der Waals surface area contributed by atoms with E-state index in [1.165, 1.54) is 0 Å². The Hall–Kier alpha value is -1.88. The molecule has 116 valence electrons. The van der Waals surface area contributed by atoms with Gasteiger partial charge in [0.1, 0.15) is 17.9 Å².